The number of nitrogens with one attached hydrogen (secondary N) is 1. The largest absolute Gasteiger partial charge is 0.396 e. The van der Waals surface area contributed by atoms with Gasteiger partial charge in [-0.25, -0.2) is 0 Å². The number of rotatable bonds is 5. The molecule has 0 saturated carbocycles. The Hall–Kier alpha value is -0.800. The Labute approximate surface area is 98.5 Å². The van der Waals surface area contributed by atoms with Crippen LogP contribution in [0.15, 0.2) is 18.5 Å². The molecule has 2 N–H and O–H groups in total. The summed E-state index contributed by atoms with van der Waals surface area (Å²) in [5.41, 5.74) is 1.46. The molecule has 16 heavy (non-hydrogen) atoms. The van der Waals surface area contributed by atoms with Crippen molar-refractivity contribution in [1.29, 1.82) is 0 Å². The highest BCUT2D eigenvalue weighted by molar-refractivity contribution is 5.09. The number of aromatic nitrogens is 1. The molecular formula is C13H24N2O. The lowest BCUT2D eigenvalue weighted by Crippen LogP contribution is -2.40. The van der Waals surface area contributed by atoms with Crippen LogP contribution in [-0.4, -0.2) is 22.3 Å². The van der Waals surface area contributed by atoms with Crippen molar-refractivity contribution in [3.63, 3.8) is 0 Å². The van der Waals surface area contributed by atoms with Gasteiger partial charge in [0.05, 0.1) is 0 Å². The molecule has 0 saturated heterocycles. The van der Waals surface area contributed by atoms with Crippen molar-refractivity contribution in [1.82, 2.24) is 9.88 Å². The van der Waals surface area contributed by atoms with Crippen LogP contribution in [0.25, 0.3) is 0 Å². The van der Waals surface area contributed by atoms with Crippen LogP contribution in [0.4, 0.5) is 0 Å². The van der Waals surface area contributed by atoms with E-state index in [-0.39, 0.29) is 12.0 Å². The fourth-order valence-electron chi connectivity index (χ4n) is 1.88. The van der Waals surface area contributed by atoms with Crippen LogP contribution in [0.2, 0.25) is 0 Å². The Balaban J connectivity index is 2.50. The zero-order valence-corrected chi connectivity index (χ0v) is 10.8. The number of hydrogen-bond acceptors (Lipinski definition) is 2. The molecule has 1 atom stereocenters. The molecule has 3 heteroatoms. The normalized spacial score (nSPS) is 14.1. The maximum absolute atomic E-state index is 9.06. The molecule has 0 spiro atoms. The molecule has 1 unspecified atom stereocenters. The number of aliphatic hydroxyl groups is 1. The summed E-state index contributed by atoms with van der Waals surface area (Å²) in [6, 6.07) is 2.46. The lowest BCUT2D eigenvalue weighted by atomic mass is 9.85. The van der Waals surface area contributed by atoms with Crippen LogP contribution >= 0.6 is 0 Å². The second kappa shape index (κ2) is 5.51. The van der Waals surface area contributed by atoms with E-state index >= 15 is 0 Å². The zero-order chi connectivity index (χ0) is 12.2. The van der Waals surface area contributed by atoms with Crippen molar-refractivity contribution >= 4 is 0 Å². The predicted octanol–water partition coefficient (Wildman–Crippen LogP) is 1.91. The van der Waals surface area contributed by atoms with Gasteiger partial charge in [0.1, 0.15) is 0 Å². The lowest BCUT2D eigenvalue weighted by molar-refractivity contribution is 0.196. The first kappa shape index (κ1) is 13.3. The van der Waals surface area contributed by atoms with Crippen molar-refractivity contribution in [2.24, 2.45) is 12.5 Å². The van der Waals surface area contributed by atoms with Gasteiger partial charge in [0.2, 0.25) is 0 Å². The van der Waals surface area contributed by atoms with Crippen LogP contribution in [0.1, 0.15) is 32.8 Å². The Bertz CT molecular complexity index is 312. The summed E-state index contributed by atoms with van der Waals surface area (Å²) in [6.45, 7) is 7.70. The van der Waals surface area contributed by atoms with Crippen LogP contribution in [0.5, 0.6) is 0 Å². The summed E-state index contributed by atoms with van der Waals surface area (Å²) in [7, 11) is 2.03. The Kier molecular flexibility index (Phi) is 4.56. The van der Waals surface area contributed by atoms with E-state index < -0.39 is 0 Å². The topological polar surface area (TPSA) is 37.2 Å². The van der Waals surface area contributed by atoms with Gasteiger partial charge in [-0.2, -0.15) is 0 Å². The molecule has 3 nitrogen and oxygen atoms in total. The fourth-order valence-corrected chi connectivity index (χ4v) is 1.88. The summed E-state index contributed by atoms with van der Waals surface area (Å²) < 4.78 is 2.05. The maximum Gasteiger partial charge on any atom is 0.0446 e. The third-order valence-corrected chi connectivity index (χ3v) is 2.91. The molecule has 92 valence electrons. The molecule has 0 aromatic carbocycles. The van der Waals surface area contributed by atoms with Gasteiger partial charge < -0.3 is 15.0 Å². The summed E-state index contributed by atoms with van der Waals surface area (Å²) >= 11 is 0. The molecule has 0 fully saturated rings. The molecule has 1 heterocycles. The van der Waals surface area contributed by atoms with E-state index in [1.807, 2.05) is 7.05 Å². The minimum atomic E-state index is 0.178. The van der Waals surface area contributed by atoms with E-state index in [1.165, 1.54) is 5.56 Å². The van der Waals surface area contributed by atoms with Crippen molar-refractivity contribution < 1.29 is 5.11 Å². The van der Waals surface area contributed by atoms with Gasteiger partial charge in [-0.3, -0.25) is 0 Å². The molecule has 0 aliphatic heterocycles. The van der Waals surface area contributed by atoms with Gasteiger partial charge in [0.25, 0.3) is 0 Å². The van der Waals surface area contributed by atoms with E-state index in [0.717, 1.165) is 13.0 Å². The van der Waals surface area contributed by atoms with E-state index in [9.17, 15) is 0 Å². The third-order valence-electron chi connectivity index (χ3n) is 2.91. The first-order chi connectivity index (χ1) is 7.43. The van der Waals surface area contributed by atoms with E-state index in [0.29, 0.717) is 6.04 Å². The summed E-state index contributed by atoms with van der Waals surface area (Å²) in [5, 5.41) is 12.6. The van der Waals surface area contributed by atoms with Crippen LogP contribution < -0.4 is 5.32 Å². The highest BCUT2D eigenvalue weighted by Gasteiger charge is 2.23. The van der Waals surface area contributed by atoms with Crippen molar-refractivity contribution in [2.75, 3.05) is 6.61 Å². The second-order valence-corrected chi connectivity index (χ2v) is 5.50. The van der Waals surface area contributed by atoms with E-state index in [2.05, 4.69) is 49.1 Å². The van der Waals surface area contributed by atoms with Crippen LogP contribution in [-0.2, 0) is 13.6 Å². The van der Waals surface area contributed by atoms with Crippen LogP contribution in [0, 0.1) is 5.41 Å². The molecule has 0 aliphatic carbocycles. The Morgan fingerprint density at radius 3 is 2.56 bits per heavy atom. The first-order valence-electron chi connectivity index (χ1n) is 5.88. The van der Waals surface area contributed by atoms with Crippen LogP contribution in [0.3, 0.4) is 0 Å². The SMILES string of the molecule is Cn1ccc(CNC(CCO)C(C)(C)C)c1. The number of aliphatic hydroxyl groups excluding tert-OH is 1. The minimum Gasteiger partial charge on any atom is -0.396 e. The average molecular weight is 224 g/mol. The van der Waals surface area contributed by atoms with Gasteiger partial charge in [-0.1, -0.05) is 20.8 Å². The van der Waals surface area contributed by atoms with Gasteiger partial charge >= 0.3 is 0 Å². The minimum absolute atomic E-state index is 0.178. The molecule has 1 rings (SSSR count). The first-order valence-corrected chi connectivity index (χ1v) is 5.88. The average Bonchev–Trinajstić information content (AvgIpc) is 2.57. The quantitative estimate of drug-likeness (QED) is 0.801. The third kappa shape index (κ3) is 3.99. The number of aryl methyl sites for hydroxylation is 1. The van der Waals surface area contributed by atoms with Crippen molar-refractivity contribution in [3.05, 3.63) is 24.0 Å². The van der Waals surface area contributed by atoms with Gasteiger partial charge in [-0.05, 0) is 23.5 Å². The molecule has 0 aliphatic rings. The molecule has 0 bridgehead atoms. The van der Waals surface area contributed by atoms with E-state index in [1.54, 1.807) is 0 Å². The summed E-state index contributed by atoms with van der Waals surface area (Å²) in [4.78, 5) is 0. The molecule has 1 aromatic heterocycles. The fraction of sp³-hybridized carbons (Fsp3) is 0.692. The summed E-state index contributed by atoms with van der Waals surface area (Å²) in [5.74, 6) is 0. The monoisotopic (exact) mass is 224 g/mol. The highest BCUT2D eigenvalue weighted by atomic mass is 16.3. The molecule has 1 aromatic rings. The van der Waals surface area contributed by atoms with Crippen molar-refractivity contribution in [2.45, 2.75) is 39.8 Å². The Morgan fingerprint density at radius 2 is 2.12 bits per heavy atom. The molecular weight excluding hydrogens is 200 g/mol. The standard InChI is InChI=1S/C13H24N2O/c1-13(2,3)12(6-8-16)14-9-11-5-7-15(4)10-11/h5,7,10,12,14,16H,6,8-9H2,1-4H3. The Morgan fingerprint density at radius 1 is 1.44 bits per heavy atom. The molecule has 0 amide bonds. The highest BCUT2D eigenvalue weighted by Crippen LogP contribution is 2.21. The molecule has 0 radical (unpaired) electrons. The lowest BCUT2D eigenvalue weighted by Gasteiger charge is -2.31. The number of nitrogens with zero attached hydrogens (tertiary/aromatic N) is 1. The second-order valence-electron chi connectivity index (χ2n) is 5.50. The summed E-state index contributed by atoms with van der Waals surface area (Å²) in [6.07, 6.45) is 4.97. The zero-order valence-electron chi connectivity index (χ0n) is 10.8. The van der Waals surface area contributed by atoms with Crippen molar-refractivity contribution in [3.8, 4) is 0 Å². The smallest absolute Gasteiger partial charge is 0.0446 e. The van der Waals surface area contributed by atoms with Gasteiger partial charge in [0.15, 0.2) is 0 Å². The maximum atomic E-state index is 9.06. The van der Waals surface area contributed by atoms with Gasteiger partial charge in [-0.15, -0.1) is 0 Å². The van der Waals surface area contributed by atoms with Gasteiger partial charge in [0, 0.05) is 38.6 Å². The predicted molar refractivity (Wildman–Crippen MR) is 67.2 cm³/mol. The van der Waals surface area contributed by atoms with E-state index in [4.69, 9.17) is 5.11 Å². The number of hydrogen-bond donors (Lipinski definition) is 2.